The van der Waals surface area contributed by atoms with Crippen molar-refractivity contribution in [3.05, 3.63) is 47.9 Å². The molecule has 1 fully saturated rings. The molecule has 1 N–H and O–H groups in total. The van der Waals surface area contributed by atoms with E-state index in [-0.39, 0.29) is 5.92 Å². The fourth-order valence-corrected chi connectivity index (χ4v) is 4.00. The summed E-state index contributed by atoms with van der Waals surface area (Å²) < 4.78 is 1.96. The van der Waals surface area contributed by atoms with Gasteiger partial charge >= 0.3 is 0 Å². The summed E-state index contributed by atoms with van der Waals surface area (Å²) in [5, 5.41) is 28.7. The number of aromatic amines is 1. The van der Waals surface area contributed by atoms with Gasteiger partial charge in [-0.05, 0) is 24.5 Å². The van der Waals surface area contributed by atoms with E-state index in [0.29, 0.717) is 12.5 Å². The van der Waals surface area contributed by atoms with Gasteiger partial charge in [0.15, 0.2) is 0 Å². The van der Waals surface area contributed by atoms with Crippen LogP contribution in [0.3, 0.4) is 0 Å². The van der Waals surface area contributed by atoms with Gasteiger partial charge in [-0.25, -0.2) is 4.68 Å². The Balaban J connectivity index is 1.66. The van der Waals surface area contributed by atoms with Crippen molar-refractivity contribution in [2.75, 3.05) is 0 Å². The molecule has 1 atom stereocenters. The largest absolute Gasteiger partial charge is 0.361 e. The molecular formula is C20H20N6. The van der Waals surface area contributed by atoms with Crippen molar-refractivity contribution in [1.29, 1.82) is 10.5 Å². The van der Waals surface area contributed by atoms with E-state index in [2.05, 4.69) is 27.4 Å². The van der Waals surface area contributed by atoms with Crippen molar-refractivity contribution in [2.45, 2.75) is 44.1 Å². The molecule has 1 aliphatic rings. The molecule has 0 bridgehead atoms. The summed E-state index contributed by atoms with van der Waals surface area (Å²) in [7, 11) is 0. The molecule has 130 valence electrons. The fraction of sp³-hybridized carbons (Fsp3) is 0.400. The van der Waals surface area contributed by atoms with Gasteiger partial charge in [0, 0.05) is 35.6 Å². The van der Waals surface area contributed by atoms with E-state index in [9.17, 15) is 10.5 Å². The maximum atomic E-state index is 9.50. The predicted octanol–water partition coefficient (Wildman–Crippen LogP) is 3.86. The van der Waals surface area contributed by atoms with Gasteiger partial charge in [0.2, 0.25) is 0 Å². The van der Waals surface area contributed by atoms with E-state index >= 15 is 0 Å². The summed E-state index contributed by atoms with van der Waals surface area (Å²) in [4.78, 5) is 3.25. The Morgan fingerprint density at radius 1 is 1.19 bits per heavy atom. The molecule has 0 radical (unpaired) electrons. The van der Waals surface area contributed by atoms with Gasteiger partial charge in [0.1, 0.15) is 5.92 Å². The van der Waals surface area contributed by atoms with Crippen LogP contribution in [0, 0.1) is 28.6 Å². The highest BCUT2D eigenvalue weighted by atomic mass is 15.4. The Hall–Kier alpha value is -3.12. The first-order valence-corrected chi connectivity index (χ1v) is 9.06. The van der Waals surface area contributed by atoms with Gasteiger partial charge in [-0.2, -0.15) is 10.5 Å². The number of para-hydroxylation sites is 1. The zero-order chi connectivity index (χ0) is 17.9. The molecule has 2 heterocycles. The van der Waals surface area contributed by atoms with E-state index in [4.69, 9.17) is 0 Å². The van der Waals surface area contributed by atoms with Crippen molar-refractivity contribution in [2.24, 2.45) is 5.92 Å². The lowest BCUT2D eigenvalue weighted by atomic mass is 9.84. The number of hydrogen-bond donors (Lipinski definition) is 1. The topological polar surface area (TPSA) is 94.1 Å². The standard InChI is InChI=1S/C20H20N6/c21-10-14(11-22)18(19-12-23-20-8-4-3-7-17(19)20)9-15-13-26(25-24-15)16-5-1-2-6-16/h3-4,7-8,12-14,16,18,23H,1-2,5-6,9H2. The highest BCUT2D eigenvalue weighted by Gasteiger charge is 2.27. The molecular weight excluding hydrogens is 324 g/mol. The van der Waals surface area contributed by atoms with Gasteiger partial charge in [0.25, 0.3) is 0 Å². The van der Waals surface area contributed by atoms with Gasteiger partial charge in [-0.1, -0.05) is 36.3 Å². The van der Waals surface area contributed by atoms with Crippen LogP contribution in [0.4, 0.5) is 0 Å². The van der Waals surface area contributed by atoms with Crippen LogP contribution in [0.25, 0.3) is 10.9 Å². The van der Waals surface area contributed by atoms with E-state index in [1.54, 1.807) is 0 Å². The molecule has 6 heteroatoms. The van der Waals surface area contributed by atoms with Crippen LogP contribution in [-0.4, -0.2) is 20.0 Å². The van der Waals surface area contributed by atoms with E-state index in [1.165, 1.54) is 12.8 Å². The number of nitrogens with one attached hydrogen (secondary N) is 1. The molecule has 2 aromatic heterocycles. The molecule has 0 amide bonds. The van der Waals surface area contributed by atoms with E-state index in [1.807, 2.05) is 41.3 Å². The predicted molar refractivity (Wildman–Crippen MR) is 97.0 cm³/mol. The third-order valence-corrected chi connectivity index (χ3v) is 5.39. The zero-order valence-corrected chi connectivity index (χ0v) is 14.5. The normalized spacial score (nSPS) is 16.0. The van der Waals surface area contributed by atoms with Gasteiger partial charge in [-0.15, -0.1) is 5.10 Å². The Labute approximate surface area is 152 Å². The molecule has 4 rings (SSSR count). The van der Waals surface area contributed by atoms with Crippen molar-refractivity contribution in [1.82, 2.24) is 20.0 Å². The monoisotopic (exact) mass is 344 g/mol. The highest BCUT2D eigenvalue weighted by Crippen LogP contribution is 2.34. The second kappa shape index (κ2) is 7.01. The molecule has 1 aromatic carbocycles. The second-order valence-corrected chi connectivity index (χ2v) is 6.96. The van der Waals surface area contributed by atoms with Crippen LogP contribution in [0.1, 0.15) is 48.9 Å². The molecule has 0 aliphatic heterocycles. The van der Waals surface area contributed by atoms with Gasteiger partial charge in [0.05, 0.1) is 23.9 Å². The minimum absolute atomic E-state index is 0.241. The summed E-state index contributed by atoms with van der Waals surface area (Å²) in [6, 6.07) is 12.7. The molecule has 6 nitrogen and oxygen atoms in total. The number of benzene rings is 1. The fourth-order valence-electron chi connectivity index (χ4n) is 4.00. The van der Waals surface area contributed by atoms with Crippen LogP contribution in [-0.2, 0) is 6.42 Å². The summed E-state index contributed by atoms with van der Waals surface area (Å²) in [5.74, 6) is -0.972. The minimum atomic E-state index is -0.731. The minimum Gasteiger partial charge on any atom is -0.361 e. The lowest BCUT2D eigenvalue weighted by Gasteiger charge is -2.15. The third-order valence-electron chi connectivity index (χ3n) is 5.39. The zero-order valence-electron chi connectivity index (χ0n) is 14.5. The van der Waals surface area contributed by atoms with Crippen molar-refractivity contribution >= 4 is 10.9 Å². The summed E-state index contributed by atoms with van der Waals surface area (Å²) in [6.07, 6.45) is 9.20. The number of aromatic nitrogens is 4. The molecule has 3 aromatic rings. The van der Waals surface area contributed by atoms with Crippen molar-refractivity contribution < 1.29 is 0 Å². The number of H-pyrrole nitrogens is 1. The maximum absolute atomic E-state index is 9.50. The second-order valence-electron chi connectivity index (χ2n) is 6.96. The molecule has 1 aliphatic carbocycles. The number of hydrogen-bond acceptors (Lipinski definition) is 4. The summed E-state index contributed by atoms with van der Waals surface area (Å²) in [5.41, 5.74) is 2.84. The van der Waals surface area contributed by atoms with Crippen molar-refractivity contribution in [3.63, 3.8) is 0 Å². The molecule has 26 heavy (non-hydrogen) atoms. The quantitative estimate of drug-likeness (QED) is 0.760. The Kier molecular flexibility index (Phi) is 4.41. The summed E-state index contributed by atoms with van der Waals surface area (Å²) in [6.45, 7) is 0. The molecule has 1 unspecified atom stereocenters. The number of fused-ring (bicyclic) bond motifs is 1. The summed E-state index contributed by atoms with van der Waals surface area (Å²) >= 11 is 0. The average molecular weight is 344 g/mol. The van der Waals surface area contributed by atoms with Gasteiger partial charge in [-0.3, -0.25) is 0 Å². The van der Waals surface area contributed by atoms with Crippen LogP contribution in [0.5, 0.6) is 0 Å². The first-order valence-electron chi connectivity index (χ1n) is 9.06. The SMILES string of the molecule is N#CC(C#N)C(Cc1cn(C2CCCC2)nn1)c1c[nH]c2ccccc12. The van der Waals surface area contributed by atoms with Crippen LogP contribution >= 0.6 is 0 Å². The molecule has 0 spiro atoms. The Bertz CT molecular complexity index is 966. The average Bonchev–Trinajstić information content (AvgIpc) is 3.41. The maximum Gasteiger partial charge on any atom is 0.140 e. The highest BCUT2D eigenvalue weighted by molar-refractivity contribution is 5.83. The third kappa shape index (κ3) is 2.95. The Morgan fingerprint density at radius 3 is 2.73 bits per heavy atom. The number of nitrogens with zero attached hydrogens (tertiary/aromatic N) is 5. The molecule has 1 saturated carbocycles. The van der Waals surface area contributed by atoms with Crippen molar-refractivity contribution in [3.8, 4) is 12.1 Å². The van der Waals surface area contributed by atoms with E-state index in [0.717, 1.165) is 35.0 Å². The number of nitriles is 2. The lowest BCUT2D eigenvalue weighted by molar-refractivity contribution is 0.454. The van der Waals surface area contributed by atoms with Crippen LogP contribution < -0.4 is 0 Å². The lowest BCUT2D eigenvalue weighted by Crippen LogP contribution is -2.13. The number of rotatable bonds is 5. The first kappa shape index (κ1) is 16.4. The first-order chi connectivity index (χ1) is 12.8. The Morgan fingerprint density at radius 2 is 1.96 bits per heavy atom. The van der Waals surface area contributed by atoms with Crippen LogP contribution in [0.2, 0.25) is 0 Å². The van der Waals surface area contributed by atoms with Gasteiger partial charge < -0.3 is 4.98 Å². The molecule has 0 saturated heterocycles. The smallest absolute Gasteiger partial charge is 0.140 e. The van der Waals surface area contributed by atoms with Crippen LogP contribution in [0.15, 0.2) is 36.7 Å². The van der Waals surface area contributed by atoms with E-state index < -0.39 is 5.92 Å².